The van der Waals surface area contributed by atoms with E-state index in [1.165, 1.54) is 11.0 Å². The highest BCUT2D eigenvalue weighted by Gasteiger charge is 2.17. The van der Waals surface area contributed by atoms with E-state index >= 15 is 0 Å². The number of carbonyl (C=O) groups is 1. The van der Waals surface area contributed by atoms with Gasteiger partial charge >= 0.3 is 0 Å². The van der Waals surface area contributed by atoms with Gasteiger partial charge in [0.05, 0.1) is 5.56 Å². The summed E-state index contributed by atoms with van der Waals surface area (Å²) in [5, 5.41) is 3.01. The summed E-state index contributed by atoms with van der Waals surface area (Å²) in [6.45, 7) is 2.18. The van der Waals surface area contributed by atoms with E-state index in [1.807, 2.05) is 25.1 Å². The summed E-state index contributed by atoms with van der Waals surface area (Å²) in [6, 6.07) is 12.2. The molecule has 0 spiro atoms. The summed E-state index contributed by atoms with van der Waals surface area (Å²) in [5.74, 6) is -0.429. The van der Waals surface area contributed by atoms with Gasteiger partial charge in [0, 0.05) is 31.9 Å². The van der Waals surface area contributed by atoms with Crippen LogP contribution in [0.4, 0.5) is 10.1 Å². The van der Waals surface area contributed by atoms with Gasteiger partial charge in [0.2, 0.25) is 0 Å². The number of hydrogen-bond acceptors (Lipinski definition) is 2. The fraction of sp³-hybridized carbons (Fsp3) is 0.235. The summed E-state index contributed by atoms with van der Waals surface area (Å²) < 4.78 is 13.7. The van der Waals surface area contributed by atoms with Crippen LogP contribution in [0.25, 0.3) is 0 Å². The molecule has 0 heterocycles. The first-order valence-corrected chi connectivity index (χ1v) is 6.80. The first-order valence-electron chi connectivity index (χ1n) is 6.80. The molecule has 4 heteroatoms. The van der Waals surface area contributed by atoms with Crippen molar-refractivity contribution in [3.05, 3.63) is 65.0 Å². The maximum absolute atomic E-state index is 13.7. The Balaban J connectivity index is 2.24. The Hall–Kier alpha value is -2.36. The maximum atomic E-state index is 13.7. The van der Waals surface area contributed by atoms with Gasteiger partial charge in [-0.2, -0.15) is 0 Å². The first-order chi connectivity index (χ1) is 10.0. The Morgan fingerprint density at radius 1 is 1.24 bits per heavy atom. The molecular formula is C17H19FN2O. The number of amides is 1. The average Bonchev–Trinajstić information content (AvgIpc) is 2.48. The van der Waals surface area contributed by atoms with Crippen molar-refractivity contribution in [2.45, 2.75) is 13.5 Å². The lowest BCUT2D eigenvalue weighted by Gasteiger charge is -2.19. The molecule has 0 aliphatic rings. The van der Waals surface area contributed by atoms with E-state index in [4.69, 9.17) is 0 Å². The summed E-state index contributed by atoms with van der Waals surface area (Å²) in [5.41, 5.74) is 2.88. The smallest absolute Gasteiger partial charge is 0.256 e. The predicted molar refractivity (Wildman–Crippen MR) is 82.9 cm³/mol. The Bertz CT molecular complexity index is 655. The second-order valence-electron chi connectivity index (χ2n) is 5.05. The molecule has 0 aliphatic carbocycles. The number of aryl methyl sites for hydroxylation is 1. The van der Waals surface area contributed by atoms with Gasteiger partial charge in [-0.1, -0.05) is 29.8 Å². The van der Waals surface area contributed by atoms with Crippen LogP contribution in [0.1, 0.15) is 21.5 Å². The zero-order valence-electron chi connectivity index (χ0n) is 12.5. The predicted octanol–water partition coefficient (Wildman–Crippen LogP) is 3.45. The number of rotatable bonds is 4. The molecule has 2 aromatic carbocycles. The van der Waals surface area contributed by atoms with E-state index < -0.39 is 0 Å². The Morgan fingerprint density at radius 2 is 1.95 bits per heavy atom. The second-order valence-corrected chi connectivity index (χ2v) is 5.05. The molecule has 0 bridgehead atoms. The van der Waals surface area contributed by atoms with Gasteiger partial charge in [-0.3, -0.25) is 4.79 Å². The highest BCUT2D eigenvalue weighted by Crippen LogP contribution is 2.20. The number of hydrogen-bond donors (Lipinski definition) is 1. The van der Waals surface area contributed by atoms with Crippen molar-refractivity contribution in [2.75, 3.05) is 19.4 Å². The van der Waals surface area contributed by atoms with Gasteiger partial charge in [-0.05, 0) is 25.1 Å². The molecule has 0 unspecified atom stereocenters. The van der Waals surface area contributed by atoms with Gasteiger partial charge in [-0.15, -0.1) is 0 Å². The number of halogens is 1. The van der Waals surface area contributed by atoms with Crippen LogP contribution >= 0.6 is 0 Å². The number of anilines is 1. The Labute approximate surface area is 124 Å². The molecule has 110 valence electrons. The molecular weight excluding hydrogens is 267 g/mol. The lowest BCUT2D eigenvalue weighted by Crippen LogP contribution is -2.27. The zero-order chi connectivity index (χ0) is 15.4. The van der Waals surface area contributed by atoms with Crippen LogP contribution in [0.2, 0.25) is 0 Å². The minimum atomic E-state index is -0.296. The summed E-state index contributed by atoms with van der Waals surface area (Å²) in [6.07, 6.45) is 0. The standard InChI is InChI=1S/C17H19FN2O/c1-12-8-9-16(19-2)14(10-12)17(21)20(3)11-13-6-4-5-7-15(13)18/h4-10,19H,11H2,1-3H3. The Kier molecular flexibility index (Phi) is 4.58. The third-order valence-corrected chi connectivity index (χ3v) is 3.39. The molecule has 0 saturated heterocycles. The highest BCUT2D eigenvalue weighted by atomic mass is 19.1. The molecule has 3 nitrogen and oxygen atoms in total. The number of nitrogens with one attached hydrogen (secondary N) is 1. The van der Waals surface area contributed by atoms with Crippen LogP contribution in [0.15, 0.2) is 42.5 Å². The molecule has 2 aromatic rings. The third kappa shape index (κ3) is 3.40. The topological polar surface area (TPSA) is 32.3 Å². The molecule has 1 amide bonds. The van der Waals surface area contributed by atoms with E-state index in [1.54, 1.807) is 32.3 Å². The van der Waals surface area contributed by atoms with Gasteiger partial charge in [-0.25, -0.2) is 4.39 Å². The summed E-state index contributed by atoms with van der Waals surface area (Å²) in [4.78, 5) is 14.1. The molecule has 0 aromatic heterocycles. The van der Waals surface area contributed by atoms with Crippen molar-refractivity contribution in [3.8, 4) is 0 Å². The largest absolute Gasteiger partial charge is 0.387 e. The third-order valence-electron chi connectivity index (χ3n) is 3.39. The highest BCUT2D eigenvalue weighted by molar-refractivity contribution is 5.99. The van der Waals surface area contributed by atoms with Gasteiger partial charge in [0.1, 0.15) is 5.82 Å². The van der Waals surface area contributed by atoms with E-state index in [9.17, 15) is 9.18 Å². The van der Waals surface area contributed by atoms with Crippen LogP contribution in [0.5, 0.6) is 0 Å². The van der Waals surface area contributed by atoms with E-state index in [2.05, 4.69) is 5.32 Å². The van der Waals surface area contributed by atoms with Gasteiger partial charge in [0.15, 0.2) is 0 Å². The van der Waals surface area contributed by atoms with Gasteiger partial charge < -0.3 is 10.2 Å². The van der Waals surface area contributed by atoms with Crippen LogP contribution in [0.3, 0.4) is 0 Å². The van der Waals surface area contributed by atoms with Crippen LogP contribution in [-0.2, 0) is 6.54 Å². The molecule has 0 aliphatic heterocycles. The van der Waals surface area contributed by atoms with Crippen molar-refractivity contribution in [1.29, 1.82) is 0 Å². The minimum absolute atomic E-state index is 0.133. The molecule has 0 atom stereocenters. The number of carbonyl (C=O) groups excluding carboxylic acids is 1. The molecule has 21 heavy (non-hydrogen) atoms. The van der Waals surface area contributed by atoms with Gasteiger partial charge in [0.25, 0.3) is 5.91 Å². The normalized spacial score (nSPS) is 10.3. The molecule has 2 rings (SSSR count). The SMILES string of the molecule is CNc1ccc(C)cc1C(=O)N(C)Cc1ccccc1F. The monoisotopic (exact) mass is 286 g/mol. The van der Waals surface area contributed by atoms with E-state index in [0.29, 0.717) is 11.1 Å². The summed E-state index contributed by atoms with van der Waals surface area (Å²) >= 11 is 0. The van der Waals surface area contributed by atoms with Crippen LogP contribution in [-0.4, -0.2) is 24.9 Å². The minimum Gasteiger partial charge on any atom is -0.387 e. The van der Waals surface area contributed by atoms with Crippen molar-refractivity contribution in [1.82, 2.24) is 4.90 Å². The van der Waals surface area contributed by atoms with Crippen molar-refractivity contribution in [2.24, 2.45) is 0 Å². The fourth-order valence-electron chi connectivity index (χ4n) is 2.21. The van der Waals surface area contributed by atoms with Crippen LogP contribution in [0, 0.1) is 12.7 Å². The molecule has 1 N–H and O–H groups in total. The van der Waals surface area contributed by atoms with Crippen molar-refractivity contribution in [3.63, 3.8) is 0 Å². The van der Waals surface area contributed by atoms with Crippen LogP contribution < -0.4 is 5.32 Å². The number of benzene rings is 2. The first kappa shape index (κ1) is 15.0. The average molecular weight is 286 g/mol. The summed E-state index contributed by atoms with van der Waals surface area (Å²) in [7, 11) is 3.45. The van der Waals surface area contributed by atoms with E-state index in [-0.39, 0.29) is 18.3 Å². The maximum Gasteiger partial charge on any atom is 0.256 e. The quantitative estimate of drug-likeness (QED) is 0.933. The molecule has 0 radical (unpaired) electrons. The number of nitrogens with zero attached hydrogens (tertiary/aromatic N) is 1. The molecule has 0 fully saturated rings. The zero-order valence-corrected chi connectivity index (χ0v) is 12.5. The molecule has 0 saturated carbocycles. The second kappa shape index (κ2) is 6.39. The van der Waals surface area contributed by atoms with Crippen molar-refractivity contribution < 1.29 is 9.18 Å². The van der Waals surface area contributed by atoms with E-state index in [0.717, 1.165) is 11.3 Å². The van der Waals surface area contributed by atoms with Crippen molar-refractivity contribution >= 4 is 11.6 Å². The lowest BCUT2D eigenvalue weighted by molar-refractivity contribution is 0.0784. The lowest BCUT2D eigenvalue weighted by atomic mass is 10.1. The fourth-order valence-corrected chi connectivity index (χ4v) is 2.21. The Morgan fingerprint density at radius 3 is 2.62 bits per heavy atom.